The number of alkyl carbamates (subject to hydrolysis) is 1. The molecule has 0 spiro atoms. The van der Waals surface area contributed by atoms with Gasteiger partial charge < -0.3 is 23.7 Å². The number of amides is 1. The summed E-state index contributed by atoms with van der Waals surface area (Å²) in [6.07, 6.45) is 0.663. The molecule has 0 saturated carbocycles. The number of fused-ring (bicyclic) bond motifs is 1. The van der Waals surface area contributed by atoms with Crippen LogP contribution in [0.15, 0.2) is 55.1 Å². The van der Waals surface area contributed by atoms with Gasteiger partial charge in [0.25, 0.3) is 0 Å². The maximum Gasteiger partial charge on any atom is 0.510 e. The number of rotatable bonds is 7. The highest BCUT2D eigenvalue weighted by atomic mass is 16.7. The minimum atomic E-state index is -1.46. The Kier molecular flexibility index (Phi) is 8.94. The Labute approximate surface area is 229 Å². The van der Waals surface area contributed by atoms with Crippen LogP contribution in [-0.2, 0) is 31.8 Å². The van der Waals surface area contributed by atoms with E-state index in [9.17, 15) is 14.4 Å². The van der Waals surface area contributed by atoms with Crippen LogP contribution in [0.5, 0.6) is 11.5 Å². The van der Waals surface area contributed by atoms with Gasteiger partial charge >= 0.3 is 18.2 Å². The number of hydrogen-bond acceptors (Lipinski definition) is 8. The zero-order valence-corrected chi connectivity index (χ0v) is 23.4. The third-order valence-corrected chi connectivity index (χ3v) is 5.55. The van der Waals surface area contributed by atoms with Crippen molar-refractivity contribution in [3.8, 4) is 11.5 Å². The first-order chi connectivity index (χ1) is 18.2. The summed E-state index contributed by atoms with van der Waals surface area (Å²) >= 11 is 0. The number of esters is 1. The Morgan fingerprint density at radius 2 is 1.62 bits per heavy atom. The van der Waals surface area contributed by atoms with Crippen molar-refractivity contribution in [1.82, 2.24) is 5.32 Å². The van der Waals surface area contributed by atoms with Gasteiger partial charge in [-0.1, -0.05) is 36.9 Å². The zero-order chi connectivity index (χ0) is 28.8. The minimum Gasteiger partial charge on any atom is -0.458 e. The van der Waals surface area contributed by atoms with E-state index < -0.39 is 35.1 Å². The quantitative estimate of drug-likeness (QED) is 0.184. The standard InChI is InChI=1S/C30H37NO8/c1-8-18-35-25(32)21-13-9-10-14-23(21)36-24-15-11-12-20-16-17-30(19-22(20)24,31-26(33)37-28(2,3)4)39-27(34)38-29(5,6)7/h8-15H,1,16-19H2,2-7H3,(H,31,33)/t30-/m0/s1. The van der Waals surface area contributed by atoms with Crippen LogP contribution >= 0.6 is 0 Å². The number of benzene rings is 2. The van der Waals surface area contributed by atoms with Crippen LogP contribution in [0.2, 0.25) is 0 Å². The number of ether oxygens (including phenoxy) is 5. The van der Waals surface area contributed by atoms with Crippen LogP contribution in [0, 0.1) is 0 Å². The van der Waals surface area contributed by atoms with E-state index in [0.29, 0.717) is 23.5 Å². The van der Waals surface area contributed by atoms with Crippen LogP contribution in [-0.4, -0.2) is 41.8 Å². The SMILES string of the molecule is C=CCOC(=O)c1ccccc1Oc1cccc2c1C[C@@](NC(=O)OC(C)(C)C)(OC(=O)OC(C)(C)C)CC2. The molecule has 0 bridgehead atoms. The van der Waals surface area contributed by atoms with Gasteiger partial charge in [0, 0.05) is 18.4 Å². The molecule has 0 heterocycles. The smallest absolute Gasteiger partial charge is 0.458 e. The van der Waals surface area contributed by atoms with Crippen molar-refractivity contribution in [3.63, 3.8) is 0 Å². The first-order valence-electron chi connectivity index (χ1n) is 12.8. The molecule has 1 N–H and O–H groups in total. The highest BCUT2D eigenvalue weighted by molar-refractivity contribution is 5.92. The van der Waals surface area contributed by atoms with E-state index in [0.717, 1.165) is 5.56 Å². The first-order valence-corrected chi connectivity index (χ1v) is 12.8. The molecule has 1 atom stereocenters. The summed E-state index contributed by atoms with van der Waals surface area (Å²) < 4.78 is 28.1. The summed E-state index contributed by atoms with van der Waals surface area (Å²) in [6.45, 7) is 14.0. The molecule has 2 aromatic rings. The van der Waals surface area contributed by atoms with Gasteiger partial charge in [-0.3, -0.25) is 5.32 Å². The normalized spacial score (nSPS) is 16.8. The third kappa shape index (κ3) is 8.49. The number of hydrogen-bond donors (Lipinski definition) is 1. The Bertz CT molecular complexity index is 1190. The van der Waals surface area contributed by atoms with Crippen LogP contribution in [0.3, 0.4) is 0 Å². The minimum absolute atomic E-state index is 0.0642. The Morgan fingerprint density at radius 3 is 2.28 bits per heavy atom. The second kappa shape index (κ2) is 11.8. The Balaban J connectivity index is 1.96. The first kappa shape index (κ1) is 29.5. The van der Waals surface area contributed by atoms with Gasteiger partial charge in [0.05, 0.1) is 0 Å². The molecule has 210 valence electrons. The van der Waals surface area contributed by atoms with E-state index in [1.54, 1.807) is 71.9 Å². The van der Waals surface area contributed by atoms with Crippen molar-refractivity contribution < 1.29 is 38.1 Å². The molecule has 0 saturated heterocycles. The van der Waals surface area contributed by atoms with E-state index in [2.05, 4.69) is 11.9 Å². The van der Waals surface area contributed by atoms with Crippen LogP contribution in [0.1, 0.15) is 69.4 Å². The highest BCUT2D eigenvalue weighted by Crippen LogP contribution is 2.38. The topological polar surface area (TPSA) is 109 Å². The molecule has 1 amide bonds. The van der Waals surface area contributed by atoms with E-state index >= 15 is 0 Å². The fourth-order valence-electron chi connectivity index (χ4n) is 4.05. The fraction of sp³-hybridized carbons (Fsp3) is 0.433. The van der Waals surface area contributed by atoms with Gasteiger partial charge in [-0.15, -0.1) is 0 Å². The number of nitrogens with one attached hydrogen (secondary N) is 1. The predicted molar refractivity (Wildman–Crippen MR) is 145 cm³/mol. The molecule has 9 heteroatoms. The van der Waals surface area contributed by atoms with E-state index in [4.69, 9.17) is 23.7 Å². The molecule has 0 unspecified atom stereocenters. The number of carbonyl (C=O) groups is 3. The van der Waals surface area contributed by atoms with Crippen molar-refractivity contribution in [3.05, 3.63) is 71.8 Å². The number of aryl methyl sites for hydroxylation is 1. The molecular weight excluding hydrogens is 502 g/mol. The third-order valence-electron chi connectivity index (χ3n) is 5.55. The van der Waals surface area contributed by atoms with Gasteiger partial charge in [-0.05, 0) is 71.7 Å². The van der Waals surface area contributed by atoms with Crippen LogP contribution < -0.4 is 10.1 Å². The van der Waals surface area contributed by atoms with Gasteiger partial charge in [-0.2, -0.15) is 0 Å². The van der Waals surface area contributed by atoms with E-state index in [1.807, 2.05) is 12.1 Å². The molecule has 0 radical (unpaired) electrons. The summed E-state index contributed by atoms with van der Waals surface area (Å²) in [5, 5.41) is 2.77. The lowest BCUT2D eigenvalue weighted by molar-refractivity contribution is -0.0865. The maximum absolute atomic E-state index is 12.8. The molecule has 3 rings (SSSR count). The lowest BCUT2D eigenvalue weighted by Gasteiger charge is -2.39. The summed E-state index contributed by atoms with van der Waals surface area (Å²) in [5.74, 6) is 0.188. The molecule has 0 aliphatic heterocycles. The Hall–Kier alpha value is -4.01. The summed E-state index contributed by atoms with van der Waals surface area (Å²) in [6, 6.07) is 12.3. The fourth-order valence-corrected chi connectivity index (χ4v) is 4.05. The van der Waals surface area contributed by atoms with Gasteiger partial charge in [0.15, 0.2) is 5.72 Å². The van der Waals surface area contributed by atoms with Crippen molar-refractivity contribution in [1.29, 1.82) is 0 Å². The molecular formula is C30H37NO8. The van der Waals surface area contributed by atoms with E-state index in [1.165, 1.54) is 6.08 Å². The van der Waals surface area contributed by atoms with Crippen molar-refractivity contribution >= 4 is 18.2 Å². The van der Waals surface area contributed by atoms with E-state index in [-0.39, 0.29) is 25.0 Å². The molecule has 9 nitrogen and oxygen atoms in total. The van der Waals surface area contributed by atoms with Crippen LogP contribution in [0.25, 0.3) is 0 Å². The average molecular weight is 540 g/mol. The van der Waals surface area contributed by atoms with Gasteiger partial charge in [-0.25, -0.2) is 14.4 Å². The number of carbonyl (C=O) groups excluding carboxylic acids is 3. The summed E-state index contributed by atoms with van der Waals surface area (Å²) in [5.41, 5.74) is -1.11. The molecule has 1 aliphatic rings. The maximum atomic E-state index is 12.8. The molecule has 1 aliphatic carbocycles. The van der Waals surface area contributed by atoms with Crippen molar-refractivity contribution in [2.45, 2.75) is 77.7 Å². The van der Waals surface area contributed by atoms with Gasteiger partial charge in [0.2, 0.25) is 0 Å². The second-order valence-corrected chi connectivity index (χ2v) is 11.2. The Morgan fingerprint density at radius 1 is 0.949 bits per heavy atom. The second-order valence-electron chi connectivity index (χ2n) is 11.2. The lowest BCUT2D eigenvalue weighted by atomic mass is 9.85. The van der Waals surface area contributed by atoms with Crippen molar-refractivity contribution in [2.24, 2.45) is 0 Å². The van der Waals surface area contributed by atoms with Gasteiger partial charge in [0.1, 0.15) is 34.9 Å². The molecule has 0 fully saturated rings. The lowest BCUT2D eigenvalue weighted by Crippen LogP contribution is -2.56. The predicted octanol–water partition coefficient (Wildman–Crippen LogP) is 6.48. The summed E-state index contributed by atoms with van der Waals surface area (Å²) in [7, 11) is 0. The largest absolute Gasteiger partial charge is 0.510 e. The van der Waals surface area contributed by atoms with Crippen molar-refractivity contribution in [2.75, 3.05) is 6.61 Å². The summed E-state index contributed by atoms with van der Waals surface area (Å²) in [4.78, 5) is 38.2. The zero-order valence-electron chi connectivity index (χ0n) is 23.4. The molecule has 0 aromatic heterocycles. The monoisotopic (exact) mass is 539 g/mol. The highest BCUT2D eigenvalue weighted by Gasteiger charge is 2.43. The van der Waals surface area contributed by atoms with Crippen LogP contribution in [0.4, 0.5) is 9.59 Å². The average Bonchev–Trinajstić information content (AvgIpc) is 2.80. The number of para-hydroxylation sites is 1. The molecule has 39 heavy (non-hydrogen) atoms. The molecule has 2 aromatic carbocycles.